The van der Waals surface area contributed by atoms with Crippen LogP contribution in [0.3, 0.4) is 0 Å². The maximum atomic E-state index is 5.38. The zero-order valence-corrected chi connectivity index (χ0v) is 36.8. The van der Waals surface area contributed by atoms with Crippen molar-refractivity contribution in [3.63, 3.8) is 0 Å². The smallest absolute Gasteiger partial charge is 0.160 e. The van der Waals surface area contributed by atoms with Gasteiger partial charge < -0.3 is 9.13 Å². The Bertz CT molecular complexity index is 4590. The van der Waals surface area contributed by atoms with Gasteiger partial charge in [0.1, 0.15) is 0 Å². The number of para-hydroxylation sites is 3. The lowest BCUT2D eigenvalue weighted by Gasteiger charge is -2.14. The molecule has 11 aromatic carbocycles. The fourth-order valence-electron chi connectivity index (χ4n) is 11.0. The lowest BCUT2D eigenvalue weighted by atomic mass is 10.0. The van der Waals surface area contributed by atoms with Crippen molar-refractivity contribution in [2.45, 2.75) is 0 Å². The van der Waals surface area contributed by atoms with Crippen LogP contribution in [-0.2, 0) is 0 Å². The molecule has 0 amide bonds. The van der Waals surface area contributed by atoms with E-state index in [1.165, 1.54) is 91.0 Å². The molecule has 4 nitrogen and oxygen atoms in total. The summed E-state index contributed by atoms with van der Waals surface area (Å²) >= 11 is 1.83. The fourth-order valence-corrected chi connectivity index (χ4v) is 12.3. The van der Waals surface area contributed by atoms with Crippen LogP contribution in [0.25, 0.3) is 141 Å². The first-order valence-corrected chi connectivity index (χ1v) is 23.6. The Labute approximate surface area is 387 Å². The summed E-state index contributed by atoms with van der Waals surface area (Å²) in [5.41, 5.74) is 11.1. The quantitative estimate of drug-likeness (QED) is 0.177. The third kappa shape index (κ3) is 5.34. The van der Waals surface area contributed by atoms with Crippen molar-refractivity contribution >= 4 is 118 Å². The second kappa shape index (κ2) is 13.9. The molecular weight excluding hydrogens is 833 g/mol. The first-order chi connectivity index (χ1) is 33.2. The van der Waals surface area contributed by atoms with E-state index in [2.05, 4.69) is 228 Å². The molecule has 4 aromatic heterocycles. The number of hydrogen-bond acceptors (Lipinski definition) is 3. The van der Waals surface area contributed by atoms with Crippen LogP contribution < -0.4 is 0 Å². The highest BCUT2D eigenvalue weighted by atomic mass is 32.1. The highest BCUT2D eigenvalue weighted by Crippen LogP contribution is 2.44. The van der Waals surface area contributed by atoms with Gasteiger partial charge in [0.05, 0.1) is 39.0 Å². The van der Waals surface area contributed by atoms with E-state index >= 15 is 0 Å². The van der Waals surface area contributed by atoms with Crippen LogP contribution in [0.1, 0.15) is 0 Å². The zero-order chi connectivity index (χ0) is 43.7. The molecule has 0 spiro atoms. The van der Waals surface area contributed by atoms with Crippen molar-refractivity contribution < 1.29 is 0 Å². The van der Waals surface area contributed by atoms with Crippen LogP contribution in [0.15, 0.2) is 218 Å². The molecule has 5 heteroatoms. The molecule has 0 atom stereocenters. The van der Waals surface area contributed by atoms with E-state index in [0.29, 0.717) is 0 Å². The van der Waals surface area contributed by atoms with Gasteiger partial charge in [0.25, 0.3) is 0 Å². The Hall–Kier alpha value is -8.64. The Morgan fingerprint density at radius 1 is 0.358 bits per heavy atom. The van der Waals surface area contributed by atoms with Gasteiger partial charge in [-0.2, -0.15) is 0 Å². The molecule has 310 valence electrons. The number of rotatable bonds is 4. The minimum atomic E-state index is 0.723. The predicted molar refractivity (Wildman–Crippen MR) is 284 cm³/mol. The molecular formula is C62H36N4S. The Balaban J connectivity index is 0.884. The number of nitrogens with zero attached hydrogens (tertiary/aromatic N) is 4. The average molecular weight is 869 g/mol. The maximum absolute atomic E-state index is 5.38. The molecule has 0 fully saturated rings. The minimum absolute atomic E-state index is 0.723. The van der Waals surface area contributed by atoms with E-state index in [1.54, 1.807) is 0 Å². The number of fused-ring (bicyclic) bond motifs is 14. The third-order valence-corrected chi connectivity index (χ3v) is 15.3. The summed E-state index contributed by atoms with van der Waals surface area (Å²) in [6.45, 7) is 0. The summed E-state index contributed by atoms with van der Waals surface area (Å²) in [5.74, 6) is 0.723. The number of hydrogen-bond donors (Lipinski definition) is 0. The molecule has 0 N–H and O–H groups in total. The van der Waals surface area contributed by atoms with Gasteiger partial charge in [0.2, 0.25) is 0 Å². The van der Waals surface area contributed by atoms with E-state index in [9.17, 15) is 0 Å². The molecule has 15 aromatic rings. The van der Waals surface area contributed by atoms with Crippen LogP contribution in [0.5, 0.6) is 0 Å². The largest absolute Gasteiger partial charge is 0.309 e. The lowest BCUT2D eigenvalue weighted by molar-refractivity contribution is 1.19. The molecule has 0 aliphatic rings. The number of aromatic nitrogens is 4. The van der Waals surface area contributed by atoms with Crippen molar-refractivity contribution in [2.75, 3.05) is 0 Å². The second-order valence-corrected chi connectivity index (χ2v) is 18.7. The fraction of sp³-hybridized carbons (Fsp3) is 0. The van der Waals surface area contributed by atoms with Gasteiger partial charge in [0.15, 0.2) is 5.82 Å². The first kappa shape index (κ1) is 36.7. The normalized spacial score (nSPS) is 12.2. The van der Waals surface area contributed by atoms with Crippen molar-refractivity contribution in [1.29, 1.82) is 0 Å². The van der Waals surface area contributed by atoms with E-state index in [0.717, 1.165) is 50.0 Å². The van der Waals surface area contributed by atoms with Gasteiger partial charge in [0, 0.05) is 74.7 Å². The highest BCUT2D eigenvalue weighted by molar-refractivity contribution is 7.26. The van der Waals surface area contributed by atoms with Crippen LogP contribution in [0.4, 0.5) is 0 Å². The predicted octanol–water partition coefficient (Wildman–Crippen LogP) is 17.0. The van der Waals surface area contributed by atoms with Crippen LogP contribution >= 0.6 is 11.3 Å². The van der Waals surface area contributed by atoms with Crippen LogP contribution in [0, 0.1) is 0 Å². The van der Waals surface area contributed by atoms with Crippen molar-refractivity contribution in [1.82, 2.24) is 19.1 Å². The standard InChI is InChI=1S/C62H36N4S/c1-2-15-43-37(13-1)30-32-47-44-16-4-9-24-55(44)66(60(43)47)56-25-11-14-40-35-57-52(36-51(40)56)45-17-5-8-23-54(45)65(57)42-31-29-38-33-41(28-27-39(38)34-42)62-63-53-22-7-3-19-49(53)59(64-62)50-21-12-20-48-46-18-6-10-26-58(46)67-61(48)50/h1-36H. The molecule has 4 heterocycles. The van der Waals surface area contributed by atoms with E-state index in [1.807, 2.05) is 11.3 Å². The van der Waals surface area contributed by atoms with Gasteiger partial charge in [-0.05, 0) is 82.2 Å². The Morgan fingerprint density at radius 2 is 1.03 bits per heavy atom. The lowest BCUT2D eigenvalue weighted by Crippen LogP contribution is -1.97. The number of benzene rings is 11. The molecule has 0 saturated heterocycles. The SMILES string of the molecule is c1cc(-n2c3ccccc3c3ccc4ccccc4c32)c2cc3c4ccccc4n(-c4ccc5cc(-c6nc(-c7cccc8c7sc7ccccc78)c7ccccc7n6)ccc5c4)c3cc2c1. The van der Waals surface area contributed by atoms with E-state index in [4.69, 9.17) is 9.97 Å². The van der Waals surface area contributed by atoms with Gasteiger partial charge in [-0.25, -0.2) is 9.97 Å². The first-order valence-electron chi connectivity index (χ1n) is 22.8. The average Bonchev–Trinajstić information content (AvgIpc) is 4.05. The summed E-state index contributed by atoms with van der Waals surface area (Å²) in [7, 11) is 0. The van der Waals surface area contributed by atoms with Gasteiger partial charge in [-0.3, -0.25) is 0 Å². The topological polar surface area (TPSA) is 35.6 Å². The summed E-state index contributed by atoms with van der Waals surface area (Å²) in [6.07, 6.45) is 0. The van der Waals surface area contributed by atoms with Gasteiger partial charge in [-0.15, -0.1) is 11.3 Å². The van der Waals surface area contributed by atoms with Crippen LogP contribution in [0.2, 0.25) is 0 Å². The maximum Gasteiger partial charge on any atom is 0.160 e. The number of thiophene rings is 1. The molecule has 0 unspecified atom stereocenters. The third-order valence-electron chi connectivity index (χ3n) is 14.1. The molecule has 0 saturated carbocycles. The summed E-state index contributed by atoms with van der Waals surface area (Å²) < 4.78 is 7.46. The van der Waals surface area contributed by atoms with Gasteiger partial charge in [-0.1, -0.05) is 158 Å². The minimum Gasteiger partial charge on any atom is -0.309 e. The van der Waals surface area contributed by atoms with Crippen molar-refractivity contribution in [3.8, 4) is 34.0 Å². The molecule has 0 aliphatic carbocycles. The second-order valence-electron chi connectivity index (χ2n) is 17.7. The van der Waals surface area contributed by atoms with Gasteiger partial charge >= 0.3 is 0 Å². The van der Waals surface area contributed by atoms with E-state index in [-0.39, 0.29) is 0 Å². The summed E-state index contributed by atoms with van der Waals surface area (Å²) in [4.78, 5) is 10.5. The molecule has 0 bridgehead atoms. The molecule has 15 rings (SSSR count). The Kier molecular flexibility index (Phi) is 7.63. The monoisotopic (exact) mass is 868 g/mol. The summed E-state index contributed by atoms with van der Waals surface area (Å²) in [5, 5.41) is 15.8. The molecule has 0 radical (unpaired) electrons. The van der Waals surface area contributed by atoms with Crippen molar-refractivity contribution in [2.24, 2.45) is 0 Å². The highest BCUT2D eigenvalue weighted by Gasteiger charge is 2.20. The summed E-state index contributed by atoms with van der Waals surface area (Å²) in [6, 6.07) is 79.7. The Morgan fingerprint density at radius 3 is 1.93 bits per heavy atom. The zero-order valence-electron chi connectivity index (χ0n) is 36.0. The van der Waals surface area contributed by atoms with E-state index < -0.39 is 0 Å². The molecule has 67 heavy (non-hydrogen) atoms. The van der Waals surface area contributed by atoms with Crippen LogP contribution in [-0.4, -0.2) is 19.1 Å². The molecule has 0 aliphatic heterocycles. The van der Waals surface area contributed by atoms with Crippen molar-refractivity contribution in [3.05, 3.63) is 218 Å².